The number of phenolic OH excluding ortho intramolecular Hbond substituents is 2. The van der Waals surface area contributed by atoms with Gasteiger partial charge in [0.25, 0.3) is 0 Å². The molecule has 1 atom stereocenters. The zero-order valence-corrected chi connectivity index (χ0v) is 14.5. The summed E-state index contributed by atoms with van der Waals surface area (Å²) in [6.07, 6.45) is 2.89. The van der Waals surface area contributed by atoms with E-state index < -0.39 is 0 Å². The molecule has 23 heavy (non-hydrogen) atoms. The molecule has 1 unspecified atom stereocenters. The molecule has 0 radical (unpaired) electrons. The summed E-state index contributed by atoms with van der Waals surface area (Å²) in [5.74, 6) is 0.691. The smallest absolute Gasteiger partial charge is 0.119 e. The molecule has 2 heteroatoms. The van der Waals surface area contributed by atoms with Crippen molar-refractivity contribution in [2.45, 2.75) is 57.8 Å². The third-order valence-electron chi connectivity index (χ3n) is 5.34. The first kappa shape index (κ1) is 15.9. The third kappa shape index (κ3) is 2.50. The van der Waals surface area contributed by atoms with Gasteiger partial charge in [-0.25, -0.2) is 0 Å². The first-order chi connectivity index (χ1) is 10.8. The second-order valence-corrected chi connectivity index (χ2v) is 7.72. The van der Waals surface area contributed by atoms with Crippen molar-refractivity contribution in [1.29, 1.82) is 0 Å². The van der Waals surface area contributed by atoms with Crippen molar-refractivity contribution >= 4 is 0 Å². The fourth-order valence-corrected chi connectivity index (χ4v) is 4.30. The highest BCUT2D eigenvalue weighted by Crippen LogP contribution is 2.54. The van der Waals surface area contributed by atoms with Gasteiger partial charge in [0.1, 0.15) is 11.5 Å². The minimum Gasteiger partial charge on any atom is -0.508 e. The van der Waals surface area contributed by atoms with Gasteiger partial charge in [-0.15, -0.1) is 0 Å². The summed E-state index contributed by atoms with van der Waals surface area (Å²) in [6, 6.07) is 11.7. The van der Waals surface area contributed by atoms with E-state index in [9.17, 15) is 10.2 Å². The monoisotopic (exact) mass is 310 g/mol. The molecule has 122 valence electrons. The van der Waals surface area contributed by atoms with Gasteiger partial charge in [0.15, 0.2) is 0 Å². The lowest BCUT2D eigenvalue weighted by Gasteiger charge is -2.28. The van der Waals surface area contributed by atoms with Gasteiger partial charge in [-0.05, 0) is 58.7 Å². The van der Waals surface area contributed by atoms with E-state index in [1.54, 1.807) is 6.07 Å². The van der Waals surface area contributed by atoms with Gasteiger partial charge in [0, 0.05) is 5.41 Å². The lowest BCUT2D eigenvalue weighted by molar-refractivity contribution is 0.420. The number of hydrogen-bond acceptors (Lipinski definition) is 2. The molecular weight excluding hydrogens is 284 g/mol. The Morgan fingerprint density at radius 1 is 1.00 bits per heavy atom. The second-order valence-electron chi connectivity index (χ2n) is 7.72. The predicted molar refractivity (Wildman–Crippen MR) is 94.3 cm³/mol. The fraction of sp³-hybridized carbons (Fsp3) is 0.429. The summed E-state index contributed by atoms with van der Waals surface area (Å²) in [5.41, 5.74) is 4.51. The largest absolute Gasteiger partial charge is 0.508 e. The van der Waals surface area contributed by atoms with Crippen LogP contribution in [0, 0.1) is 0 Å². The molecule has 0 bridgehead atoms. The van der Waals surface area contributed by atoms with E-state index in [1.165, 1.54) is 11.1 Å². The van der Waals surface area contributed by atoms with E-state index in [0.717, 1.165) is 30.4 Å². The normalized spacial score (nSPS) is 22.1. The number of benzene rings is 2. The summed E-state index contributed by atoms with van der Waals surface area (Å²) in [5, 5.41) is 20.3. The van der Waals surface area contributed by atoms with Crippen LogP contribution in [0.3, 0.4) is 0 Å². The Labute approximate surface area is 138 Å². The molecule has 1 aliphatic carbocycles. The number of rotatable bonds is 3. The average Bonchev–Trinajstić information content (AvgIpc) is 2.67. The van der Waals surface area contributed by atoms with Gasteiger partial charge in [0.05, 0.1) is 0 Å². The highest BCUT2D eigenvalue weighted by molar-refractivity contribution is 5.56. The first-order valence-electron chi connectivity index (χ1n) is 8.44. The van der Waals surface area contributed by atoms with Crippen LogP contribution in [0.4, 0.5) is 0 Å². The number of phenols is 2. The summed E-state index contributed by atoms with van der Waals surface area (Å²) < 4.78 is 0. The molecule has 0 spiro atoms. The highest BCUT2D eigenvalue weighted by atomic mass is 16.3. The van der Waals surface area contributed by atoms with Crippen LogP contribution in [0.5, 0.6) is 11.5 Å². The van der Waals surface area contributed by atoms with Crippen molar-refractivity contribution in [3.63, 3.8) is 0 Å². The van der Waals surface area contributed by atoms with E-state index in [-0.39, 0.29) is 10.8 Å². The molecule has 0 heterocycles. The Bertz CT molecular complexity index is 746. The molecule has 2 nitrogen and oxygen atoms in total. The minimum absolute atomic E-state index is 0.0474. The Kier molecular flexibility index (Phi) is 3.66. The Hall–Kier alpha value is -1.96. The van der Waals surface area contributed by atoms with E-state index >= 15 is 0 Å². The maximum absolute atomic E-state index is 10.5. The van der Waals surface area contributed by atoms with E-state index in [2.05, 4.69) is 39.8 Å². The Balaban J connectivity index is 2.21. The summed E-state index contributed by atoms with van der Waals surface area (Å²) in [4.78, 5) is 0. The predicted octanol–water partition coefficient (Wildman–Crippen LogP) is 5.04. The molecule has 0 aromatic heterocycles. The summed E-state index contributed by atoms with van der Waals surface area (Å²) >= 11 is 0. The first-order valence-corrected chi connectivity index (χ1v) is 8.44. The molecule has 2 aromatic rings. The third-order valence-corrected chi connectivity index (χ3v) is 5.34. The molecule has 0 fully saturated rings. The molecule has 3 rings (SSSR count). The summed E-state index contributed by atoms with van der Waals surface area (Å²) in [7, 11) is 0. The lowest BCUT2D eigenvalue weighted by atomic mass is 9.75. The van der Waals surface area contributed by atoms with Crippen LogP contribution in [-0.4, -0.2) is 10.2 Å². The van der Waals surface area contributed by atoms with E-state index in [4.69, 9.17) is 0 Å². The molecule has 1 aliphatic rings. The topological polar surface area (TPSA) is 40.5 Å². The van der Waals surface area contributed by atoms with Crippen molar-refractivity contribution in [1.82, 2.24) is 0 Å². The van der Waals surface area contributed by atoms with Crippen LogP contribution < -0.4 is 0 Å². The lowest BCUT2D eigenvalue weighted by Crippen LogP contribution is -2.23. The maximum Gasteiger partial charge on any atom is 0.119 e. The van der Waals surface area contributed by atoms with Crippen molar-refractivity contribution in [3.05, 3.63) is 58.7 Å². The van der Waals surface area contributed by atoms with Crippen LogP contribution in [0.15, 0.2) is 36.4 Å². The molecule has 0 amide bonds. The second kappa shape index (κ2) is 5.30. The Morgan fingerprint density at radius 2 is 1.74 bits per heavy atom. The van der Waals surface area contributed by atoms with Crippen molar-refractivity contribution in [2.24, 2.45) is 0 Å². The van der Waals surface area contributed by atoms with Gasteiger partial charge in [-0.2, -0.15) is 0 Å². The molecule has 2 aromatic carbocycles. The standard InChI is InChI=1S/C21H26O2/c1-5-7-14-10-17-18(12-19(14)23)21(4,13-20(17,2)3)15-8-6-9-16(22)11-15/h6,8-12,22-23H,5,7,13H2,1-4H3. The number of hydrogen-bond donors (Lipinski definition) is 2. The van der Waals surface area contributed by atoms with Crippen LogP contribution in [0.2, 0.25) is 0 Å². The van der Waals surface area contributed by atoms with Gasteiger partial charge in [-0.3, -0.25) is 0 Å². The zero-order chi connectivity index (χ0) is 16.8. The van der Waals surface area contributed by atoms with Crippen LogP contribution >= 0.6 is 0 Å². The van der Waals surface area contributed by atoms with E-state index in [0.29, 0.717) is 11.5 Å². The van der Waals surface area contributed by atoms with Crippen LogP contribution in [0.25, 0.3) is 0 Å². The average molecular weight is 310 g/mol. The van der Waals surface area contributed by atoms with Gasteiger partial charge >= 0.3 is 0 Å². The quantitative estimate of drug-likeness (QED) is 0.834. The van der Waals surface area contributed by atoms with Crippen molar-refractivity contribution in [3.8, 4) is 11.5 Å². The summed E-state index contributed by atoms with van der Waals surface area (Å²) in [6.45, 7) is 8.89. The number of fused-ring (bicyclic) bond motifs is 1. The van der Waals surface area contributed by atoms with E-state index in [1.807, 2.05) is 18.2 Å². The fourth-order valence-electron chi connectivity index (χ4n) is 4.30. The maximum atomic E-state index is 10.5. The van der Waals surface area contributed by atoms with Gasteiger partial charge in [0.2, 0.25) is 0 Å². The minimum atomic E-state index is -0.195. The van der Waals surface area contributed by atoms with Gasteiger partial charge in [-0.1, -0.05) is 52.3 Å². The highest BCUT2D eigenvalue weighted by Gasteiger charge is 2.46. The molecule has 0 saturated carbocycles. The van der Waals surface area contributed by atoms with Crippen molar-refractivity contribution < 1.29 is 10.2 Å². The molecular formula is C21H26O2. The molecule has 2 N–H and O–H groups in total. The SMILES string of the molecule is CCCc1cc2c(cc1O)C(C)(c1cccc(O)c1)CC2(C)C. The molecule has 0 aliphatic heterocycles. The van der Waals surface area contributed by atoms with Crippen LogP contribution in [0.1, 0.15) is 62.8 Å². The van der Waals surface area contributed by atoms with Crippen molar-refractivity contribution in [2.75, 3.05) is 0 Å². The number of aromatic hydroxyl groups is 2. The van der Waals surface area contributed by atoms with Gasteiger partial charge < -0.3 is 10.2 Å². The van der Waals surface area contributed by atoms with Crippen LogP contribution in [-0.2, 0) is 17.3 Å². The molecule has 0 saturated heterocycles. The zero-order valence-electron chi connectivity index (χ0n) is 14.5. The Morgan fingerprint density at radius 3 is 2.39 bits per heavy atom. The number of aryl methyl sites for hydroxylation is 1.